The number of hydrogen-bond donors (Lipinski definition) is 1. The molecule has 45 heavy (non-hydrogen) atoms. The SMILES string of the molecule is CC(C)Oc1ccc(C(=O)NC(C)C(=O)N2CCN(CCCOc3ccc(-c4noc(CC5CCCC5)n4)c(F)c3)CC2)cc1. The van der Waals surface area contributed by atoms with E-state index in [0.717, 1.165) is 32.5 Å². The van der Waals surface area contributed by atoms with Gasteiger partial charge in [0.15, 0.2) is 0 Å². The zero-order chi connectivity index (χ0) is 31.8. The third kappa shape index (κ3) is 9.03. The van der Waals surface area contributed by atoms with Crippen LogP contribution in [-0.4, -0.2) is 83.2 Å². The molecule has 1 saturated heterocycles. The number of halogens is 1. The van der Waals surface area contributed by atoms with E-state index < -0.39 is 11.9 Å². The summed E-state index contributed by atoms with van der Waals surface area (Å²) in [6.07, 6.45) is 6.42. The van der Waals surface area contributed by atoms with E-state index in [4.69, 9.17) is 14.0 Å². The fraction of sp³-hybridized carbons (Fsp3) is 0.529. The van der Waals surface area contributed by atoms with E-state index in [2.05, 4.69) is 20.4 Å². The van der Waals surface area contributed by atoms with Gasteiger partial charge in [0.2, 0.25) is 17.6 Å². The number of ether oxygens (including phenoxy) is 2. The number of carbonyl (C=O) groups excluding carboxylic acids is 2. The molecule has 5 rings (SSSR count). The number of nitrogens with zero attached hydrogens (tertiary/aromatic N) is 4. The first-order valence-corrected chi connectivity index (χ1v) is 16.1. The molecule has 2 aliphatic rings. The van der Waals surface area contributed by atoms with Crippen molar-refractivity contribution in [2.24, 2.45) is 5.92 Å². The molecule has 1 atom stereocenters. The molecule has 1 aromatic heterocycles. The Hall–Kier alpha value is -3.99. The number of benzene rings is 2. The summed E-state index contributed by atoms with van der Waals surface area (Å²) in [6, 6.07) is 11.0. The fourth-order valence-corrected chi connectivity index (χ4v) is 5.92. The molecular weight excluding hydrogens is 577 g/mol. The molecule has 2 aromatic carbocycles. The van der Waals surface area contributed by atoms with Crippen LogP contribution in [0.25, 0.3) is 11.4 Å². The second-order valence-electron chi connectivity index (χ2n) is 12.3. The number of hydrogen-bond acceptors (Lipinski definition) is 8. The smallest absolute Gasteiger partial charge is 0.251 e. The third-order valence-electron chi connectivity index (χ3n) is 8.37. The summed E-state index contributed by atoms with van der Waals surface area (Å²) < 4.78 is 31.6. The molecule has 2 amide bonds. The van der Waals surface area contributed by atoms with Gasteiger partial charge in [-0.1, -0.05) is 18.0 Å². The van der Waals surface area contributed by atoms with E-state index >= 15 is 0 Å². The molecule has 2 heterocycles. The maximum absolute atomic E-state index is 14.8. The molecular formula is C34H44FN5O5. The van der Waals surface area contributed by atoms with Gasteiger partial charge in [-0.05, 0) is 82.3 Å². The van der Waals surface area contributed by atoms with Crippen LogP contribution < -0.4 is 14.8 Å². The van der Waals surface area contributed by atoms with Crippen LogP contribution in [0.2, 0.25) is 0 Å². The van der Waals surface area contributed by atoms with Gasteiger partial charge in [-0.3, -0.25) is 14.5 Å². The van der Waals surface area contributed by atoms with Crippen molar-refractivity contribution in [1.29, 1.82) is 0 Å². The molecule has 2 fully saturated rings. The summed E-state index contributed by atoms with van der Waals surface area (Å²) in [7, 11) is 0. The number of amides is 2. The van der Waals surface area contributed by atoms with Crippen molar-refractivity contribution in [2.45, 2.75) is 71.4 Å². The fourth-order valence-electron chi connectivity index (χ4n) is 5.92. The molecule has 0 spiro atoms. The highest BCUT2D eigenvalue weighted by Gasteiger charge is 2.26. The van der Waals surface area contributed by atoms with E-state index in [0.29, 0.717) is 54.1 Å². The Bertz CT molecular complexity index is 1410. The highest BCUT2D eigenvalue weighted by molar-refractivity contribution is 5.97. The summed E-state index contributed by atoms with van der Waals surface area (Å²) >= 11 is 0. The monoisotopic (exact) mass is 621 g/mol. The molecule has 1 unspecified atom stereocenters. The van der Waals surface area contributed by atoms with Crippen LogP contribution in [0.15, 0.2) is 47.0 Å². The lowest BCUT2D eigenvalue weighted by Gasteiger charge is -2.36. The van der Waals surface area contributed by atoms with Crippen molar-refractivity contribution in [2.75, 3.05) is 39.3 Å². The van der Waals surface area contributed by atoms with Crippen molar-refractivity contribution >= 4 is 11.8 Å². The Balaban J connectivity index is 0.992. The number of piperazine rings is 1. The van der Waals surface area contributed by atoms with Crippen molar-refractivity contribution in [3.8, 4) is 22.9 Å². The minimum atomic E-state index is -0.630. The normalized spacial score (nSPS) is 16.6. The van der Waals surface area contributed by atoms with Gasteiger partial charge >= 0.3 is 0 Å². The van der Waals surface area contributed by atoms with Crippen molar-refractivity contribution in [3.05, 3.63) is 59.7 Å². The van der Waals surface area contributed by atoms with Crippen LogP contribution in [0, 0.1) is 11.7 Å². The van der Waals surface area contributed by atoms with Gasteiger partial charge in [0, 0.05) is 50.8 Å². The van der Waals surface area contributed by atoms with Gasteiger partial charge in [0.25, 0.3) is 5.91 Å². The molecule has 3 aromatic rings. The van der Waals surface area contributed by atoms with Crippen LogP contribution in [0.4, 0.5) is 4.39 Å². The zero-order valence-electron chi connectivity index (χ0n) is 26.5. The molecule has 242 valence electrons. The Kier molecular flexibility index (Phi) is 11.0. The van der Waals surface area contributed by atoms with Crippen LogP contribution in [0.1, 0.15) is 69.1 Å². The maximum Gasteiger partial charge on any atom is 0.251 e. The first-order valence-electron chi connectivity index (χ1n) is 16.1. The highest BCUT2D eigenvalue weighted by atomic mass is 19.1. The van der Waals surface area contributed by atoms with Crippen LogP contribution in [0.5, 0.6) is 11.5 Å². The molecule has 0 bridgehead atoms. The highest BCUT2D eigenvalue weighted by Crippen LogP contribution is 2.29. The predicted molar refractivity (Wildman–Crippen MR) is 168 cm³/mol. The van der Waals surface area contributed by atoms with Crippen LogP contribution in [-0.2, 0) is 11.2 Å². The predicted octanol–water partition coefficient (Wildman–Crippen LogP) is 5.13. The lowest BCUT2D eigenvalue weighted by Crippen LogP contribution is -2.54. The van der Waals surface area contributed by atoms with Crippen LogP contribution in [0.3, 0.4) is 0 Å². The largest absolute Gasteiger partial charge is 0.493 e. The van der Waals surface area contributed by atoms with E-state index in [9.17, 15) is 14.0 Å². The van der Waals surface area contributed by atoms with Crippen molar-refractivity contribution in [3.63, 3.8) is 0 Å². The van der Waals surface area contributed by atoms with Crippen molar-refractivity contribution < 1.29 is 28.0 Å². The Morgan fingerprint density at radius 3 is 2.42 bits per heavy atom. The Morgan fingerprint density at radius 2 is 1.73 bits per heavy atom. The minimum Gasteiger partial charge on any atom is -0.493 e. The second kappa shape index (κ2) is 15.3. The standard InChI is InChI=1S/C34H44FN5O5/c1-23(2)44-27-11-9-26(10-12-27)33(41)36-24(3)34(42)40-18-16-39(17-19-40)15-6-20-43-28-13-14-29(30(35)22-28)32-37-31(45-38-32)21-25-7-4-5-8-25/h9-14,22-25H,4-8,15-21H2,1-3H3,(H,36,41). The topological polar surface area (TPSA) is 110 Å². The molecule has 0 radical (unpaired) electrons. The number of carbonyl (C=O) groups is 2. The average Bonchev–Trinajstić information content (AvgIpc) is 3.72. The minimum absolute atomic E-state index is 0.0506. The maximum atomic E-state index is 14.8. The average molecular weight is 622 g/mol. The number of rotatable bonds is 13. The molecule has 1 aliphatic heterocycles. The van der Waals surface area contributed by atoms with Gasteiger partial charge in [-0.2, -0.15) is 4.98 Å². The Morgan fingerprint density at radius 1 is 1.02 bits per heavy atom. The summed E-state index contributed by atoms with van der Waals surface area (Å²) in [4.78, 5) is 34.1. The van der Waals surface area contributed by atoms with E-state index in [1.807, 2.05) is 13.8 Å². The number of aromatic nitrogens is 2. The molecule has 11 heteroatoms. The summed E-state index contributed by atoms with van der Waals surface area (Å²) in [6.45, 7) is 9.50. The van der Waals surface area contributed by atoms with Gasteiger partial charge < -0.3 is 24.2 Å². The first-order chi connectivity index (χ1) is 21.7. The lowest BCUT2D eigenvalue weighted by atomic mass is 10.0. The molecule has 1 N–H and O–H groups in total. The molecule has 1 saturated carbocycles. The van der Waals surface area contributed by atoms with Gasteiger partial charge in [0.05, 0.1) is 18.3 Å². The van der Waals surface area contributed by atoms with E-state index in [-0.39, 0.29) is 23.7 Å². The van der Waals surface area contributed by atoms with Crippen LogP contribution >= 0.6 is 0 Å². The summed E-state index contributed by atoms with van der Waals surface area (Å²) in [5, 5.41) is 6.80. The van der Waals surface area contributed by atoms with E-state index in [1.165, 1.54) is 31.7 Å². The quantitative estimate of drug-likeness (QED) is 0.262. The number of nitrogens with one attached hydrogen (secondary N) is 1. The zero-order valence-corrected chi connectivity index (χ0v) is 26.5. The first kappa shape index (κ1) is 32.4. The van der Waals surface area contributed by atoms with Gasteiger partial charge in [-0.15, -0.1) is 0 Å². The third-order valence-corrected chi connectivity index (χ3v) is 8.37. The van der Waals surface area contributed by atoms with Gasteiger partial charge in [-0.25, -0.2) is 4.39 Å². The van der Waals surface area contributed by atoms with Crippen molar-refractivity contribution in [1.82, 2.24) is 25.3 Å². The summed E-state index contributed by atoms with van der Waals surface area (Å²) in [5.41, 5.74) is 0.780. The van der Waals surface area contributed by atoms with E-state index in [1.54, 1.807) is 48.2 Å². The molecule has 1 aliphatic carbocycles. The summed E-state index contributed by atoms with van der Waals surface area (Å²) in [5.74, 6) is 1.73. The molecule has 10 nitrogen and oxygen atoms in total. The lowest BCUT2D eigenvalue weighted by molar-refractivity contribution is -0.134. The van der Waals surface area contributed by atoms with Gasteiger partial charge in [0.1, 0.15) is 23.4 Å². The second-order valence-corrected chi connectivity index (χ2v) is 12.3. The Labute approximate surface area is 264 Å².